The Morgan fingerprint density at radius 3 is 2.17 bits per heavy atom. The van der Waals surface area contributed by atoms with Gasteiger partial charge >= 0.3 is 59.7 Å². The summed E-state index contributed by atoms with van der Waals surface area (Å²) >= 11 is 1.36. The van der Waals surface area contributed by atoms with Gasteiger partial charge < -0.3 is 0 Å². The molecular weight excluding hydrogens is 151 g/mol. The summed E-state index contributed by atoms with van der Waals surface area (Å²) in [6.45, 7) is 3.37. The van der Waals surface area contributed by atoms with E-state index in [1.54, 1.807) is 0 Å². The third-order valence-electron chi connectivity index (χ3n) is 0.852. The SMILES string of the molecule is CCN(C)[CH2][Y]. The van der Waals surface area contributed by atoms with Crippen LogP contribution in [0.1, 0.15) is 6.92 Å². The second kappa shape index (κ2) is 4.23. The van der Waals surface area contributed by atoms with Crippen LogP contribution in [0.5, 0.6) is 0 Å². The molecule has 0 atom stereocenters. The first-order valence-electron chi connectivity index (χ1n) is 2.20. The van der Waals surface area contributed by atoms with Gasteiger partial charge in [0.05, 0.1) is 0 Å². The normalized spacial score (nSPS) is 9.67. The average Bonchev–Trinajstić information content (AvgIpc) is 1.65. The van der Waals surface area contributed by atoms with Gasteiger partial charge in [0.25, 0.3) is 0 Å². The molecule has 0 bridgehead atoms. The average molecular weight is 161 g/mol. The molecule has 6 heavy (non-hydrogen) atoms. The van der Waals surface area contributed by atoms with Crippen molar-refractivity contribution >= 4 is 0 Å². The molecule has 34 valence electrons. The molecule has 0 aromatic heterocycles. The number of hydrogen-bond donors (Lipinski definition) is 0. The quantitative estimate of drug-likeness (QED) is 0.568. The Morgan fingerprint density at radius 2 is 2.17 bits per heavy atom. The van der Waals surface area contributed by atoms with Gasteiger partial charge in [-0.05, 0) is 0 Å². The van der Waals surface area contributed by atoms with Crippen molar-refractivity contribution in [1.82, 2.24) is 4.90 Å². The summed E-state index contributed by atoms with van der Waals surface area (Å²) < 4.78 is 1.29. The molecule has 0 aromatic rings. The summed E-state index contributed by atoms with van der Waals surface area (Å²) in [4.78, 5) is 2.31. The standard InChI is InChI=1S/C4H10N.Y/c1-4-5(2)3;/h2,4H2,1,3H3;. The van der Waals surface area contributed by atoms with E-state index in [1.807, 2.05) is 0 Å². The minimum absolute atomic E-state index is 1.20. The topological polar surface area (TPSA) is 3.24 Å². The van der Waals surface area contributed by atoms with Crippen molar-refractivity contribution < 1.29 is 31.0 Å². The van der Waals surface area contributed by atoms with E-state index < -0.39 is 0 Å². The van der Waals surface area contributed by atoms with E-state index in [2.05, 4.69) is 18.9 Å². The summed E-state index contributed by atoms with van der Waals surface area (Å²) in [5.74, 6) is 0. The fourth-order valence-corrected chi connectivity index (χ4v) is 0.764. The van der Waals surface area contributed by atoms with E-state index in [-0.39, 0.29) is 0 Å². The Balaban J connectivity index is 2.75. The van der Waals surface area contributed by atoms with Gasteiger partial charge in [-0.1, -0.05) is 0 Å². The van der Waals surface area contributed by atoms with E-state index in [0.717, 1.165) is 0 Å². The molecule has 0 spiro atoms. The van der Waals surface area contributed by atoms with Gasteiger partial charge in [-0.15, -0.1) is 0 Å². The third kappa shape index (κ3) is 3.26. The van der Waals surface area contributed by atoms with Crippen LogP contribution < -0.4 is 0 Å². The summed E-state index contributed by atoms with van der Waals surface area (Å²) in [5.41, 5.74) is 0. The summed E-state index contributed by atoms with van der Waals surface area (Å²) in [6.07, 6.45) is 0. The molecule has 0 aliphatic carbocycles. The van der Waals surface area contributed by atoms with E-state index in [9.17, 15) is 0 Å². The fourth-order valence-electron chi connectivity index (χ4n) is 0.129. The molecule has 0 rings (SSSR count). The maximum absolute atomic E-state index is 2.31. The first-order valence-corrected chi connectivity index (χ1v) is 4.20. The summed E-state index contributed by atoms with van der Waals surface area (Å²) in [6, 6.07) is 0. The monoisotopic (exact) mass is 161 g/mol. The van der Waals surface area contributed by atoms with Crippen molar-refractivity contribution in [2.24, 2.45) is 0 Å². The zero-order chi connectivity index (χ0) is 4.99. The molecule has 0 aromatic carbocycles. The molecule has 0 unspecified atom stereocenters. The Hall–Kier alpha value is 1.06. The molecule has 0 heterocycles. The van der Waals surface area contributed by atoms with Gasteiger partial charge in [-0.2, -0.15) is 0 Å². The fraction of sp³-hybridized carbons (Fsp3) is 1.00. The summed E-state index contributed by atoms with van der Waals surface area (Å²) in [7, 11) is 2.14. The Bertz CT molecular complexity index is 26.7. The van der Waals surface area contributed by atoms with Crippen LogP contribution in [0.2, 0.25) is 0 Å². The van der Waals surface area contributed by atoms with E-state index in [4.69, 9.17) is 0 Å². The van der Waals surface area contributed by atoms with Crippen LogP contribution in [0.4, 0.5) is 0 Å². The number of hydrogen-bond acceptors (Lipinski definition) is 1. The van der Waals surface area contributed by atoms with Crippen LogP contribution in [0.3, 0.4) is 0 Å². The Morgan fingerprint density at radius 1 is 1.67 bits per heavy atom. The predicted octanol–water partition coefficient (Wildman–Crippen LogP) is 0.442. The van der Waals surface area contributed by atoms with Crippen LogP contribution in [0.15, 0.2) is 0 Å². The van der Waals surface area contributed by atoms with Crippen LogP contribution in [0.25, 0.3) is 0 Å². The van der Waals surface area contributed by atoms with E-state index >= 15 is 0 Å². The van der Waals surface area contributed by atoms with Gasteiger partial charge in [0, 0.05) is 0 Å². The Labute approximate surface area is 59.5 Å². The molecule has 0 fully saturated rings. The number of rotatable bonds is 2. The van der Waals surface area contributed by atoms with Crippen molar-refractivity contribution in [3.8, 4) is 0 Å². The van der Waals surface area contributed by atoms with Crippen LogP contribution in [0, 0.1) is 0 Å². The maximum atomic E-state index is 2.31. The van der Waals surface area contributed by atoms with Crippen molar-refractivity contribution in [3.63, 3.8) is 0 Å². The van der Waals surface area contributed by atoms with Crippen LogP contribution >= 0.6 is 0 Å². The van der Waals surface area contributed by atoms with Crippen molar-refractivity contribution in [2.45, 2.75) is 6.92 Å². The molecule has 2 heteroatoms. The predicted molar refractivity (Wildman–Crippen MR) is 23.2 cm³/mol. The molecule has 1 nitrogen and oxygen atoms in total. The van der Waals surface area contributed by atoms with Gasteiger partial charge in [0.2, 0.25) is 0 Å². The third-order valence-corrected chi connectivity index (χ3v) is 2.38. The van der Waals surface area contributed by atoms with Gasteiger partial charge in [-0.3, -0.25) is 0 Å². The number of nitrogens with zero attached hydrogens (tertiary/aromatic N) is 1. The molecule has 0 N–H and O–H groups in total. The van der Waals surface area contributed by atoms with Crippen molar-refractivity contribution in [1.29, 1.82) is 0 Å². The van der Waals surface area contributed by atoms with Gasteiger partial charge in [0.1, 0.15) is 0 Å². The van der Waals surface area contributed by atoms with Gasteiger partial charge in [0.15, 0.2) is 0 Å². The van der Waals surface area contributed by atoms with E-state index in [0.29, 0.717) is 0 Å². The second-order valence-corrected chi connectivity index (χ2v) is 2.25. The zero-order valence-corrected chi connectivity index (χ0v) is 7.28. The zero-order valence-electron chi connectivity index (χ0n) is 4.44. The molecule has 0 aliphatic rings. The Kier molecular flexibility index (Phi) is 4.98. The summed E-state index contributed by atoms with van der Waals surface area (Å²) in [5, 5.41) is 0. The first-order chi connectivity index (χ1) is 2.81. The molecule has 0 aliphatic heterocycles. The van der Waals surface area contributed by atoms with Gasteiger partial charge in [-0.25, -0.2) is 0 Å². The molecule has 0 saturated heterocycles. The second-order valence-electron chi connectivity index (χ2n) is 1.35. The van der Waals surface area contributed by atoms with Crippen molar-refractivity contribution in [3.05, 3.63) is 0 Å². The molecule has 0 amide bonds. The molecule has 0 radical (unpaired) electrons. The van der Waals surface area contributed by atoms with Crippen LogP contribution in [-0.4, -0.2) is 21.8 Å². The molecule has 0 saturated carbocycles. The first kappa shape index (κ1) is 7.06. The molecular formula is C4H10NY. The minimum atomic E-state index is 1.20. The van der Waals surface area contributed by atoms with Crippen LogP contribution in [-0.2, 0) is 31.0 Å². The van der Waals surface area contributed by atoms with Crippen molar-refractivity contribution in [2.75, 3.05) is 16.9 Å². The van der Waals surface area contributed by atoms with E-state index in [1.165, 1.54) is 40.9 Å².